The Morgan fingerprint density at radius 3 is 2.69 bits per heavy atom. The van der Waals surface area contributed by atoms with Gasteiger partial charge in [-0.1, -0.05) is 35.5 Å². The predicted octanol–water partition coefficient (Wildman–Crippen LogP) is -0.105. The SMILES string of the molecule is O=C(Cn1cnc2c(nnn2Cc2ccccc2)c1=O)N1CCOCC1. The first kappa shape index (κ1) is 16.4. The minimum atomic E-state index is -0.365. The number of fused-ring (bicyclic) bond motifs is 1. The molecule has 4 rings (SSSR count). The van der Waals surface area contributed by atoms with Crippen molar-refractivity contribution in [2.75, 3.05) is 26.3 Å². The van der Waals surface area contributed by atoms with E-state index in [1.807, 2.05) is 30.3 Å². The van der Waals surface area contributed by atoms with Gasteiger partial charge in [0.15, 0.2) is 11.2 Å². The third-order valence-electron chi connectivity index (χ3n) is 4.34. The first-order valence-corrected chi connectivity index (χ1v) is 8.40. The maximum atomic E-state index is 12.6. The highest BCUT2D eigenvalue weighted by molar-refractivity contribution is 5.76. The molecule has 1 fully saturated rings. The van der Waals surface area contributed by atoms with Gasteiger partial charge in [-0.25, -0.2) is 9.67 Å². The molecule has 0 radical (unpaired) electrons. The molecule has 1 aromatic carbocycles. The first-order valence-electron chi connectivity index (χ1n) is 8.40. The molecule has 0 unspecified atom stereocenters. The van der Waals surface area contributed by atoms with Gasteiger partial charge in [-0.2, -0.15) is 0 Å². The molecule has 2 aromatic heterocycles. The Hall–Kier alpha value is -3.07. The van der Waals surface area contributed by atoms with Gasteiger partial charge in [0.2, 0.25) is 5.91 Å². The highest BCUT2D eigenvalue weighted by Crippen LogP contribution is 2.07. The van der Waals surface area contributed by atoms with Crippen LogP contribution >= 0.6 is 0 Å². The standard InChI is InChI=1S/C17H18N6O3/c24-14(21-6-8-26-9-7-21)11-22-12-18-16-15(17(22)25)19-20-23(16)10-13-4-2-1-3-5-13/h1-5,12H,6-11H2. The zero-order chi connectivity index (χ0) is 17.9. The van der Waals surface area contributed by atoms with E-state index in [1.54, 1.807) is 9.58 Å². The number of benzene rings is 1. The molecule has 0 spiro atoms. The molecule has 0 N–H and O–H groups in total. The third kappa shape index (κ3) is 3.21. The number of aromatic nitrogens is 5. The van der Waals surface area contributed by atoms with E-state index < -0.39 is 0 Å². The summed E-state index contributed by atoms with van der Waals surface area (Å²) in [4.78, 5) is 31.0. The second kappa shape index (κ2) is 7.04. The molecule has 0 atom stereocenters. The number of carbonyl (C=O) groups is 1. The summed E-state index contributed by atoms with van der Waals surface area (Å²) in [6.07, 6.45) is 1.38. The maximum absolute atomic E-state index is 12.6. The van der Waals surface area contributed by atoms with Crippen LogP contribution in [0.15, 0.2) is 41.5 Å². The van der Waals surface area contributed by atoms with Crippen molar-refractivity contribution in [1.82, 2.24) is 29.4 Å². The number of hydrogen-bond donors (Lipinski definition) is 0. The van der Waals surface area contributed by atoms with Crippen molar-refractivity contribution in [2.24, 2.45) is 0 Å². The van der Waals surface area contributed by atoms with Crippen LogP contribution in [0.4, 0.5) is 0 Å². The van der Waals surface area contributed by atoms with Crippen LogP contribution in [-0.4, -0.2) is 61.7 Å². The number of morpholine rings is 1. The van der Waals surface area contributed by atoms with E-state index in [0.717, 1.165) is 5.56 Å². The lowest BCUT2D eigenvalue weighted by atomic mass is 10.2. The molecule has 9 heteroatoms. The summed E-state index contributed by atoms with van der Waals surface area (Å²) < 4.78 is 8.10. The van der Waals surface area contributed by atoms with E-state index in [-0.39, 0.29) is 23.5 Å². The second-order valence-electron chi connectivity index (χ2n) is 6.08. The van der Waals surface area contributed by atoms with Crippen molar-refractivity contribution >= 4 is 17.1 Å². The average Bonchev–Trinajstić information content (AvgIpc) is 3.09. The van der Waals surface area contributed by atoms with Crippen LogP contribution in [0.3, 0.4) is 0 Å². The molecule has 0 saturated carbocycles. The van der Waals surface area contributed by atoms with Gasteiger partial charge in [-0.05, 0) is 5.56 Å². The molecule has 0 bridgehead atoms. The third-order valence-corrected chi connectivity index (χ3v) is 4.34. The molecule has 1 saturated heterocycles. The Bertz CT molecular complexity index is 975. The first-order chi connectivity index (χ1) is 12.7. The summed E-state index contributed by atoms with van der Waals surface area (Å²) in [7, 11) is 0. The van der Waals surface area contributed by atoms with Crippen LogP contribution in [0.25, 0.3) is 11.2 Å². The van der Waals surface area contributed by atoms with Crippen LogP contribution < -0.4 is 5.56 Å². The molecule has 3 heterocycles. The summed E-state index contributed by atoms with van der Waals surface area (Å²) >= 11 is 0. The van der Waals surface area contributed by atoms with Gasteiger partial charge < -0.3 is 9.64 Å². The van der Waals surface area contributed by atoms with Crippen LogP contribution in [0, 0.1) is 0 Å². The smallest absolute Gasteiger partial charge is 0.283 e. The topological polar surface area (TPSA) is 95.1 Å². The molecule has 1 amide bonds. The number of amides is 1. The number of rotatable bonds is 4. The molecular weight excluding hydrogens is 336 g/mol. The van der Waals surface area contributed by atoms with Crippen molar-refractivity contribution in [3.8, 4) is 0 Å². The van der Waals surface area contributed by atoms with E-state index in [2.05, 4.69) is 15.3 Å². The maximum Gasteiger partial charge on any atom is 0.283 e. The lowest BCUT2D eigenvalue weighted by Crippen LogP contribution is -2.43. The van der Waals surface area contributed by atoms with Gasteiger partial charge in [-0.3, -0.25) is 14.2 Å². The van der Waals surface area contributed by atoms with E-state index >= 15 is 0 Å². The number of ether oxygens (including phenoxy) is 1. The normalized spacial score (nSPS) is 14.7. The van der Waals surface area contributed by atoms with Gasteiger partial charge in [-0.15, -0.1) is 5.10 Å². The number of nitrogens with zero attached hydrogens (tertiary/aromatic N) is 6. The summed E-state index contributed by atoms with van der Waals surface area (Å²) in [5.41, 5.74) is 1.25. The Balaban J connectivity index is 1.57. The van der Waals surface area contributed by atoms with Crippen LogP contribution in [0.5, 0.6) is 0 Å². The van der Waals surface area contributed by atoms with Crippen LogP contribution in [0.1, 0.15) is 5.56 Å². The summed E-state index contributed by atoms with van der Waals surface area (Å²) in [5, 5.41) is 8.01. The highest BCUT2D eigenvalue weighted by Gasteiger charge is 2.19. The van der Waals surface area contributed by atoms with E-state index in [9.17, 15) is 9.59 Å². The fraction of sp³-hybridized carbons (Fsp3) is 0.353. The Labute approximate surface area is 148 Å². The molecule has 134 valence electrons. The average molecular weight is 354 g/mol. The molecule has 1 aliphatic rings. The van der Waals surface area contributed by atoms with Crippen molar-refractivity contribution in [2.45, 2.75) is 13.1 Å². The van der Waals surface area contributed by atoms with Gasteiger partial charge in [0.1, 0.15) is 12.9 Å². The highest BCUT2D eigenvalue weighted by atomic mass is 16.5. The Morgan fingerprint density at radius 2 is 1.92 bits per heavy atom. The zero-order valence-corrected chi connectivity index (χ0v) is 14.1. The lowest BCUT2D eigenvalue weighted by molar-refractivity contribution is -0.135. The minimum absolute atomic E-state index is 0.0622. The van der Waals surface area contributed by atoms with E-state index in [4.69, 9.17) is 4.74 Å². The van der Waals surface area contributed by atoms with E-state index in [0.29, 0.717) is 38.5 Å². The van der Waals surface area contributed by atoms with Crippen LogP contribution in [-0.2, 0) is 22.6 Å². The van der Waals surface area contributed by atoms with Gasteiger partial charge in [0, 0.05) is 13.1 Å². The fourth-order valence-corrected chi connectivity index (χ4v) is 2.92. The quantitative estimate of drug-likeness (QED) is 0.649. The Kier molecular flexibility index (Phi) is 4.44. The lowest BCUT2D eigenvalue weighted by Gasteiger charge is -2.26. The van der Waals surface area contributed by atoms with Crippen molar-refractivity contribution < 1.29 is 9.53 Å². The largest absolute Gasteiger partial charge is 0.378 e. The van der Waals surface area contributed by atoms with Crippen molar-refractivity contribution in [1.29, 1.82) is 0 Å². The minimum Gasteiger partial charge on any atom is -0.378 e. The number of hydrogen-bond acceptors (Lipinski definition) is 6. The van der Waals surface area contributed by atoms with Crippen molar-refractivity contribution in [3.63, 3.8) is 0 Å². The second-order valence-corrected chi connectivity index (χ2v) is 6.08. The zero-order valence-electron chi connectivity index (χ0n) is 14.1. The number of carbonyl (C=O) groups excluding carboxylic acids is 1. The molecule has 26 heavy (non-hydrogen) atoms. The van der Waals surface area contributed by atoms with Crippen LogP contribution in [0.2, 0.25) is 0 Å². The molecule has 3 aromatic rings. The molecule has 9 nitrogen and oxygen atoms in total. The molecule has 1 aliphatic heterocycles. The molecular formula is C17H18N6O3. The summed E-state index contributed by atoms with van der Waals surface area (Å²) in [6.45, 7) is 2.53. The summed E-state index contributed by atoms with van der Waals surface area (Å²) in [5.74, 6) is -0.131. The van der Waals surface area contributed by atoms with Gasteiger partial charge in [0.25, 0.3) is 5.56 Å². The Morgan fingerprint density at radius 1 is 1.15 bits per heavy atom. The van der Waals surface area contributed by atoms with Crippen molar-refractivity contribution in [3.05, 3.63) is 52.6 Å². The molecule has 0 aliphatic carbocycles. The van der Waals surface area contributed by atoms with E-state index in [1.165, 1.54) is 10.9 Å². The monoisotopic (exact) mass is 354 g/mol. The van der Waals surface area contributed by atoms with Gasteiger partial charge >= 0.3 is 0 Å². The fourth-order valence-electron chi connectivity index (χ4n) is 2.92. The summed E-state index contributed by atoms with van der Waals surface area (Å²) in [6, 6.07) is 9.75. The predicted molar refractivity (Wildman–Crippen MR) is 92.5 cm³/mol. The van der Waals surface area contributed by atoms with Gasteiger partial charge in [0.05, 0.1) is 19.8 Å².